The molecule has 0 saturated heterocycles. The molecular weight excluding hydrogens is 254 g/mol. The number of aromatic hydroxyl groups is 1. The van der Waals surface area contributed by atoms with E-state index in [0.29, 0.717) is 5.75 Å². The van der Waals surface area contributed by atoms with E-state index in [1.54, 1.807) is 6.07 Å². The van der Waals surface area contributed by atoms with Crippen LogP contribution >= 0.6 is 11.3 Å². The number of aryl methyl sites for hydroxylation is 1. The second-order valence-electron chi connectivity index (χ2n) is 5.87. The van der Waals surface area contributed by atoms with Crippen molar-refractivity contribution in [3.8, 4) is 5.75 Å². The van der Waals surface area contributed by atoms with Gasteiger partial charge in [0, 0.05) is 22.0 Å². The summed E-state index contributed by atoms with van der Waals surface area (Å²) in [6, 6.07) is 10.00. The van der Waals surface area contributed by atoms with Crippen LogP contribution in [0.1, 0.15) is 36.1 Å². The molecular formula is C16H21NOS. The molecule has 2 N–H and O–H groups in total. The lowest BCUT2D eigenvalue weighted by Crippen LogP contribution is -2.07. The van der Waals surface area contributed by atoms with Gasteiger partial charge in [-0.3, -0.25) is 0 Å². The van der Waals surface area contributed by atoms with Crippen LogP contribution in [0, 0.1) is 6.92 Å². The van der Waals surface area contributed by atoms with Gasteiger partial charge in [-0.15, -0.1) is 11.3 Å². The molecule has 0 unspecified atom stereocenters. The van der Waals surface area contributed by atoms with Crippen LogP contribution in [0.3, 0.4) is 0 Å². The smallest absolute Gasteiger partial charge is 0.118 e. The molecule has 1 aromatic carbocycles. The van der Waals surface area contributed by atoms with Crippen molar-refractivity contribution in [2.24, 2.45) is 0 Å². The van der Waals surface area contributed by atoms with Crippen LogP contribution in [0.2, 0.25) is 0 Å². The Morgan fingerprint density at radius 1 is 1.16 bits per heavy atom. The molecule has 0 aliphatic heterocycles. The first-order chi connectivity index (χ1) is 8.86. The molecule has 19 heavy (non-hydrogen) atoms. The zero-order valence-electron chi connectivity index (χ0n) is 11.9. The Kier molecular flexibility index (Phi) is 3.85. The van der Waals surface area contributed by atoms with Gasteiger partial charge < -0.3 is 10.4 Å². The molecule has 0 saturated carbocycles. The largest absolute Gasteiger partial charge is 0.508 e. The fourth-order valence-corrected chi connectivity index (χ4v) is 2.84. The van der Waals surface area contributed by atoms with Crippen molar-refractivity contribution >= 4 is 17.0 Å². The summed E-state index contributed by atoms with van der Waals surface area (Å²) in [7, 11) is 0. The van der Waals surface area contributed by atoms with E-state index in [1.807, 2.05) is 30.4 Å². The van der Waals surface area contributed by atoms with E-state index < -0.39 is 0 Å². The van der Waals surface area contributed by atoms with Crippen molar-refractivity contribution in [1.29, 1.82) is 0 Å². The van der Waals surface area contributed by atoms with E-state index in [2.05, 4.69) is 38.2 Å². The number of anilines is 1. The molecule has 1 aromatic heterocycles. The number of hydrogen-bond acceptors (Lipinski definition) is 3. The quantitative estimate of drug-likeness (QED) is 0.798. The summed E-state index contributed by atoms with van der Waals surface area (Å²) in [5.74, 6) is 0.344. The molecule has 0 bridgehead atoms. The van der Waals surface area contributed by atoms with Crippen molar-refractivity contribution in [2.75, 3.05) is 5.32 Å². The van der Waals surface area contributed by atoms with Gasteiger partial charge in [0.25, 0.3) is 0 Å². The predicted molar refractivity (Wildman–Crippen MR) is 83.2 cm³/mol. The standard InChI is InChI=1S/C16H21NOS/c1-11-9-12(5-7-14(11)18)17-10-13-6-8-15(19-13)16(2,3)4/h5-9,17-18H,10H2,1-4H3. The van der Waals surface area contributed by atoms with E-state index in [9.17, 15) is 5.11 Å². The lowest BCUT2D eigenvalue weighted by molar-refractivity contribution is 0.471. The molecule has 2 rings (SSSR count). The summed E-state index contributed by atoms with van der Waals surface area (Å²) in [4.78, 5) is 2.74. The summed E-state index contributed by atoms with van der Waals surface area (Å²) in [5, 5.41) is 12.9. The average Bonchev–Trinajstić information content (AvgIpc) is 2.79. The molecule has 1 heterocycles. The topological polar surface area (TPSA) is 32.3 Å². The molecule has 2 aromatic rings. The second kappa shape index (κ2) is 5.25. The van der Waals surface area contributed by atoms with Gasteiger partial charge in [0.15, 0.2) is 0 Å². The minimum Gasteiger partial charge on any atom is -0.508 e. The van der Waals surface area contributed by atoms with Gasteiger partial charge in [-0.1, -0.05) is 20.8 Å². The van der Waals surface area contributed by atoms with Gasteiger partial charge in [-0.25, -0.2) is 0 Å². The Bertz CT molecular complexity index is 566. The molecule has 0 fully saturated rings. The van der Waals surface area contributed by atoms with Crippen LogP contribution in [0.15, 0.2) is 30.3 Å². The molecule has 0 aliphatic rings. The Morgan fingerprint density at radius 3 is 2.47 bits per heavy atom. The third kappa shape index (κ3) is 3.51. The summed E-state index contributed by atoms with van der Waals surface area (Å²) >= 11 is 1.85. The molecule has 0 amide bonds. The Balaban J connectivity index is 2.02. The van der Waals surface area contributed by atoms with Crippen LogP contribution in [0.25, 0.3) is 0 Å². The maximum Gasteiger partial charge on any atom is 0.118 e. The van der Waals surface area contributed by atoms with Crippen LogP contribution in [-0.4, -0.2) is 5.11 Å². The molecule has 102 valence electrons. The highest BCUT2D eigenvalue weighted by atomic mass is 32.1. The van der Waals surface area contributed by atoms with Crippen molar-refractivity contribution in [1.82, 2.24) is 0 Å². The van der Waals surface area contributed by atoms with Gasteiger partial charge in [0.1, 0.15) is 5.75 Å². The number of thiophene rings is 1. The first kappa shape index (κ1) is 13.9. The highest BCUT2D eigenvalue weighted by Crippen LogP contribution is 2.30. The van der Waals surface area contributed by atoms with E-state index >= 15 is 0 Å². The number of hydrogen-bond donors (Lipinski definition) is 2. The maximum atomic E-state index is 9.50. The van der Waals surface area contributed by atoms with Crippen molar-refractivity contribution in [3.63, 3.8) is 0 Å². The van der Waals surface area contributed by atoms with E-state index in [4.69, 9.17) is 0 Å². The van der Waals surface area contributed by atoms with Crippen molar-refractivity contribution < 1.29 is 5.11 Å². The van der Waals surface area contributed by atoms with Crippen LogP contribution in [0.4, 0.5) is 5.69 Å². The molecule has 2 nitrogen and oxygen atoms in total. The summed E-state index contributed by atoms with van der Waals surface area (Å²) in [5.41, 5.74) is 2.16. The normalized spacial score (nSPS) is 11.6. The highest BCUT2D eigenvalue weighted by Gasteiger charge is 2.15. The first-order valence-corrected chi connectivity index (χ1v) is 7.30. The summed E-state index contributed by atoms with van der Waals surface area (Å²) in [6.45, 7) is 9.44. The number of phenols is 1. The van der Waals surface area contributed by atoms with E-state index in [-0.39, 0.29) is 5.41 Å². The Morgan fingerprint density at radius 2 is 1.89 bits per heavy atom. The Hall–Kier alpha value is -1.48. The van der Waals surface area contributed by atoms with Gasteiger partial charge in [0.2, 0.25) is 0 Å². The van der Waals surface area contributed by atoms with E-state index in [1.165, 1.54) is 9.75 Å². The second-order valence-corrected chi connectivity index (χ2v) is 7.04. The Labute approximate surface area is 119 Å². The number of benzene rings is 1. The van der Waals surface area contributed by atoms with Gasteiger partial charge >= 0.3 is 0 Å². The van der Waals surface area contributed by atoms with Gasteiger partial charge in [0.05, 0.1) is 0 Å². The average molecular weight is 275 g/mol. The number of rotatable bonds is 3. The molecule has 0 aliphatic carbocycles. The minimum atomic E-state index is 0.220. The van der Waals surface area contributed by atoms with Gasteiger partial charge in [-0.05, 0) is 48.2 Å². The zero-order chi connectivity index (χ0) is 14.0. The van der Waals surface area contributed by atoms with E-state index in [0.717, 1.165) is 17.8 Å². The fraction of sp³-hybridized carbons (Fsp3) is 0.375. The lowest BCUT2D eigenvalue weighted by atomic mass is 9.95. The van der Waals surface area contributed by atoms with Crippen LogP contribution in [0.5, 0.6) is 5.75 Å². The SMILES string of the molecule is Cc1cc(NCc2ccc(C(C)(C)C)s2)ccc1O. The minimum absolute atomic E-state index is 0.220. The lowest BCUT2D eigenvalue weighted by Gasteiger charge is -2.15. The maximum absolute atomic E-state index is 9.50. The molecule has 0 atom stereocenters. The monoisotopic (exact) mass is 275 g/mol. The third-order valence-electron chi connectivity index (χ3n) is 3.06. The molecule has 0 radical (unpaired) electrons. The summed E-state index contributed by atoms with van der Waals surface area (Å²) in [6.07, 6.45) is 0. The van der Waals surface area contributed by atoms with Crippen LogP contribution in [-0.2, 0) is 12.0 Å². The highest BCUT2D eigenvalue weighted by molar-refractivity contribution is 7.12. The number of phenolic OH excluding ortho intramolecular Hbond substituents is 1. The number of nitrogens with one attached hydrogen (secondary N) is 1. The van der Waals surface area contributed by atoms with Crippen molar-refractivity contribution in [3.05, 3.63) is 45.6 Å². The summed E-state index contributed by atoms with van der Waals surface area (Å²) < 4.78 is 0. The first-order valence-electron chi connectivity index (χ1n) is 6.49. The fourth-order valence-electron chi connectivity index (χ4n) is 1.83. The van der Waals surface area contributed by atoms with Crippen LogP contribution < -0.4 is 5.32 Å². The molecule has 0 spiro atoms. The third-order valence-corrected chi connectivity index (χ3v) is 4.58. The molecule has 3 heteroatoms. The van der Waals surface area contributed by atoms with Gasteiger partial charge in [-0.2, -0.15) is 0 Å². The predicted octanol–water partition coefficient (Wildman–Crippen LogP) is 4.67. The zero-order valence-corrected chi connectivity index (χ0v) is 12.8. The van der Waals surface area contributed by atoms with Crippen molar-refractivity contribution in [2.45, 2.75) is 39.7 Å².